The average Bonchev–Trinajstić information content (AvgIpc) is 3.01. The molecule has 7 heteroatoms. The predicted octanol–water partition coefficient (Wildman–Crippen LogP) is 3.84. The molecule has 0 atom stereocenters. The summed E-state index contributed by atoms with van der Waals surface area (Å²) in [7, 11) is 0. The van der Waals surface area contributed by atoms with Crippen LogP contribution in [0.25, 0.3) is 6.08 Å². The summed E-state index contributed by atoms with van der Waals surface area (Å²) in [6.07, 6.45) is 3.53. The van der Waals surface area contributed by atoms with Gasteiger partial charge in [-0.2, -0.15) is 0 Å². The first-order chi connectivity index (χ1) is 12.2. The van der Waals surface area contributed by atoms with Gasteiger partial charge in [-0.25, -0.2) is 0 Å². The third kappa shape index (κ3) is 3.50. The summed E-state index contributed by atoms with van der Waals surface area (Å²) >= 11 is 8.58. The summed E-state index contributed by atoms with van der Waals surface area (Å²) in [5, 5.41) is 2.68. The Morgan fingerprint density at radius 3 is 2.38 bits per heavy atom. The second-order valence-electron chi connectivity index (χ2n) is 6.91. The third-order valence-corrected chi connectivity index (χ3v) is 4.80. The number of rotatable bonds is 2. The van der Waals surface area contributed by atoms with Crippen LogP contribution < -0.4 is 10.2 Å². The number of amides is 2. The molecule has 3 rings (SSSR count). The third-order valence-electron chi connectivity index (χ3n) is 3.98. The van der Waals surface area contributed by atoms with Gasteiger partial charge in [0.25, 0.3) is 11.8 Å². The average molecular weight is 432 g/mol. The summed E-state index contributed by atoms with van der Waals surface area (Å²) < 4.78 is 2.90. The zero-order valence-electron chi connectivity index (χ0n) is 14.6. The second kappa shape index (κ2) is 6.81. The van der Waals surface area contributed by atoms with Crippen LogP contribution in [0.4, 0.5) is 5.69 Å². The SMILES string of the molecule is CC(C)(C)n1cccc1/C=C1\C(=O)NC(=S)N(c2ccc(Br)cc2)C1=O. The molecule has 0 spiro atoms. The number of benzene rings is 1. The van der Waals surface area contributed by atoms with Crippen molar-refractivity contribution >= 4 is 56.8 Å². The molecule has 1 aliphatic rings. The molecule has 0 bridgehead atoms. The largest absolute Gasteiger partial charge is 0.343 e. The molecule has 2 amide bonds. The van der Waals surface area contributed by atoms with E-state index < -0.39 is 11.8 Å². The second-order valence-corrected chi connectivity index (χ2v) is 8.21. The summed E-state index contributed by atoms with van der Waals surface area (Å²) in [6, 6.07) is 10.9. The fraction of sp³-hybridized carbons (Fsp3) is 0.211. The van der Waals surface area contributed by atoms with E-state index in [0.29, 0.717) is 5.69 Å². The molecule has 2 aromatic rings. The lowest BCUT2D eigenvalue weighted by atomic mass is 10.1. The van der Waals surface area contributed by atoms with Crippen LogP contribution in [0.15, 0.2) is 52.6 Å². The summed E-state index contributed by atoms with van der Waals surface area (Å²) in [6.45, 7) is 6.17. The van der Waals surface area contributed by atoms with Crippen LogP contribution in [0.1, 0.15) is 26.5 Å². The van der Waals surface area contributed by atoms with Crippen molar-refractivity contribution in [1.82, 2.24) is 9.88 Å². The molecule has 0 saturated carbocycles. The molecule has 134 valence electrons. The number of aromatic nitrogens is 1. The molecule has 0 unspecified atom stereocenters. The lowest BCUT2D eigenvalue weighted by molar-refractivity contribution is -0.122. The highest BCUT2D eigenvalue weighted by molar-refractivity contribution is 9.10. The van der Waals surface area contributed by atoms with Gasteiger partial charge in [0.15, 0.2) is 5.11 Å². The van der Waals surface area contributed by atoms with Crippen LogP contribution in [-0.4, -0.2) is 21.5 Å². The van der Waals surface area contributed by atoms with Crippen LogP contribution in [-0.2, 0) is 15.1 Å². The Morgan fingerprint density at radius 1 is 1.12 bits per heavy atom. The smallest absolute Gasteiger partial charge is 0.270 e. The van der Waals surface area contributed by atoms with Crippen LogP contribution in [0, 0.1) is 0 Å². The van der Waals surface area contributed by atoms with Gasteiger partial charge in [0.2, 0.25) is 0 Å². The Labute approximate surface area is 165 Å². The number of halogens is 1. The van der Waals surface area contributed by atoms with Crippen molar-refractivity contribution < 1.29 is 9.59 Å². The minimum absolute atomic E-state index is 0.0470. The van der Waals surface area contributed by atoms with E-state index in [4.69, 9.17) is 12.2 Å². The Hall–Kier alpha value is -2.25. The quantitative estimate of drug-likeness (QED) is 0.446. The van der Waals surface area contributed by atoms with Crippen molar-refractivity contribution in [3.05, 3.63) is 58.3 Å². The van der Waals surface area contributed by atoms with Gasteiger partial charge in [-0.05, 0) is 75.5 Å². The highest BCUT2D eigenvalue weighted by Gasteiger charge is 2.34. The summed E-state index contributed by atoms with van der Waals surface area (Å²) in [4.78, 5) is 26.7. The van der Waals surface area contributed by atoms with Gasteiger partial charge >= 0.3 is 0 Å². The molecular weight excluding hydrogens is 414 g/mol. The number of thiocarbonyl (C=S) groups is 1. The first-order valence-corrected chi connectivity index (χ1v) is 9.23. The molecule has 0 radical (unpaired) electrons. The lowest BCUT2D eigenvalue weighted by Crippen LogP contribution is -2.54. The van der Waals surface area contributed by atoms with E-state index in [9.17, 15) is 9.59 Å². The van der Waals surface area contributed by atoms with Gasteiger partial charge in [0, 0.05) is 21.9 Å². The molecule has 5 nitrogen and oxygen atoms in total. The van der Waals surface area contributed by atoms with E-state index >= 15 is 0 Å². The maximum absolute atomic E-state index is 13.0. The van der Waals surface area contributed by atoms with Crippen molar-refractivity contribution in [2.45, 2.75) is 26.3 Å². The molecule has 1 aromatic heterocycles. The minimum Gasteiger partial charge on any atom is -0.343 e. The predicted molar refractivity (Wildman–Crippen MR) is 110 cm³/mol. The molecule has 1 aromatic carbocycles. The number of carbonyl (C=O) groups is 2. The number of nitrogens with zero attached hydrogens (tertiary/aromatic N) is 2. The Kier molecular flexibility index (Phi) is 4.86. The van der Waals surface area contributed by atoms with E-state index in [-0.39, 0.29) is 16.2 Å². The minimum atomic E-state index is -0.491. The topological polar surface area (TPSA) is 54.3 Å². The molecule has 2 heterocycles. The van der Waals surface area contributed by atoms with E-state index in [1.165, 1.54) is 4.90 Å². The van der Waals surface area contributed by atoms with Crippen LogP contribution in [0.5, 0.6) is 0 Å². The number of nitrogens with one attached hydrogen (secondary N) is 1. The van der Waals surface area contributed by atoms with Gasteiger partial charge in [0.05, 0.1) is 5.69 Å². The zero-order valence-corrected chi connectivity index (χ0v) is 17.0. The standard InChI is InChI=1S/C19H18BrN3O2S/c1-19(2,3)22-10-4-5-14(22)11-15-16(24)21-18(26)23(17(15)25)13-8-6-12(20)7-9-13/h4-11H,1-3H3,(H,21,24,26)/b15-11+. The Balaban J connectivity index is 2.04. The molecule has 1 N–H and O–H groups in total. The van der Waals surface area contributed by atoms with E-state index in [2.05, 4.69) is 42.0 Å². The molecule has 26 heavy (non-hydrogen) atoms. The summed E-state index contributed by atoms with van der Waals surface area (Å²) in [5.41, 5.74) is 1.25. The normalized spacial score (nSPS) is 17.0. The van der Waals surface area contributed by atoms with Gasteiger partial charge in [0.1, 0.15) is 5.57 Å². The van der Waals surface area contributed by atoms with Crippen LogP contribution in [0.3, 0.4) is 0 Å². The maximum atomic E-state index is 13.0. The number of anilines is 1. The van der Waals surface area contributed by atoms with Gasteiger partial charge in [-0.15, -0.1) is 0 Å². The van der Waals surface area contributed by atoms with Crippen molar-refractivity contribution in [3.63, 3.8) is 0 Å². The molecular formula is C19H18BrN3O2S. The van der Waals surface area contributed by atoms with E-state index in [1.807, 2.05) is 35.0 Å². The number of carbonyl (C=O) groups excluding carboxylic acids is 2. The Morgan fingerprint density at radius 2 is 1.77 bits per heavy atom. The lowest BCUT2D eigenvalue weighted by Gasteiger charge is -2.29. The van der Waals surface area contributed by atoms with Crippen LogP contribution in [0.2, 0.25) is 0 Å². The molecule has 1 saturated heterocycles. The van der Waals surface area contributed by atoms with Crippen molar-refractivity contribution in [2.24, 2.45) is 0 Å². The fourth-order valence-electron chi connectivity index (χ4n) is 2.75. The molecule has 1 fully saturated rings. The van der Waals surface area contributed by atoms with Crippen molar-refractivity contribution in [2.75, 3.05) is 4.90 Å². The molecule has 0 aliphatic carbocycles. The zero-order chi connectivity index (χ0) is 19.1. The van der Waals surface area contributed by atoms with Crippen molar-refractivity contribution in [3.8, 4) is 0 Å². The van der Waals surface area contributed by atoms with E-state index in [0.717, 1.165) is 10.2 Å². The maximum Gasteiger partial charge on any atom is 0.270 e. The van der Waals surface area contributed by atoms with Crippen LogP contribution >= 0.6 is 28.1 Å². The monoisotopic (exact) mass is 431 g/mol. The highest BCUT2D eigenvalue weighted by Crippen LogP contribution is 2.25. The van der Waals surface area contributed by atoms with Crippen molar-refractivity contribution in [1.29, 1.82) is 0 Å². The summed E-state index contributed by atoms with van der Waals surface area (Å²) in [5.74, 6) is -0.933. The fourth-order valence-corrected chi connectivity index (χ4v) is 3.30. The first-order valence-electron chi connectivity index (χ1n) is 8.03. The van der Waals surface area contributed by atoms with Gasteiger partial charge in [-0.3, -0.25) is 19.8 Å². The highest BCUT2D eigenvalue weighted by atomic mass is 79.9. The Bertz CT molecular complexity index is 923. The number of hydrogen-bond acceptors (Lipinski definition) is 3. The van der Waals surface area contributed by atoms with E-state index in [1.54, 1.807) is 18.2 Å². The number of hydrogen-bond donors (Lipinski definition) is 1. The first kappa shape index (κ1) is 18.5. The van der Waals surface area contributed by atoms with Gasteiger partial charge in [-0.1, -0.05) is 15.9 Å². The molecule has 1 aliphatic heterocycles. The van der Waals surface area contributed by atoms with Gasteiger partial charge < -0.3 is 4.57 Å².